The zero-order valence-electron chi connectivity index (χ0n) is 23.9. The molecule has 2 heterocycles. The summed E-state index contributed by atoms with van der Waals surface area (Å²) in [6, 6.07) is 9.95. The van der Waals surface area contributed by atoms with Crippen LogP contribution in [0.15, 0.2) is 54.6 Å². The molecule has 2 aliphatic heterocycles. The Labute approximate surface area is 261 Å². The number of carboxylic acids is 1. The summed E-state index contributed by atoms with van der Waals surface area (Å²) in [4.78, 5) is 23.6. The summed E-state index contributed by atoms with van der Waals surface area (Å²) in [5.41, 5.74) is 0.731. The normalized spacial score (nSPS) is 31.6. The van der Waals surface area contributed by atoms with Crippen molar-refractivity contribution in [3.8, 4) is 17.2 Å². The van der Waals surface area contributed by atoms with Crippen molar-refractivity contribution in [1.82, 2.24) is 0 Å². The lowest BCUT2D eigenvalue weighted by Crippen LogP contribution is -2.60. The molecule has 2 saturated heterocycles. The van der Waals surface area contributed by atoms with E-state index in [-0.39, 0.29) is 22.8 Å². The predicted octanol–water partition coefficient (Wildman–Crippen LogP) is -2.24. The number of carbonyl (C=O) groups is 2. The van der Waals surface area contributed by atoms with Gasteiger partial charge in [0.1, 0.15) is 66.1 Å². The molecular formula is C30H34O16. The molecule has 2 fully saturated rings. The van der Waals surface area contributed by atoms with Crippen LogP contribution >= 0.6 is 0 Å². The lowest BCUT2D eigenvalue weighted by Gasteiger charge is -2.39. The molecule has 0 aromatic heterocycles. The Balaban J connectivity index is 1.43. The van der Waals surface area contributed by atoms with Crippen LogP contribution in [-0.2, 0) is 19.1 Å². The molecule has 2 aromatic carbocycles. The van der Waals surface area contributed by atoms with Crippen molar-refractivity contribution >= 4 is 24.1 Å². The molecule has 16 nitrogen and oxygen atoms in total. The third-order valence-corrected chi connectivity index (χ3v) is 7.03. The van der Waals surface area contributed by atoms with Gasteiger partial charge in [-0.15, -0.1) is 0 Å². The highest BCUT2D eigenvalue weighted by molar-refractivity contribution is 5.89. The van der Waals surface area contributed by atoms with Crippen molar-refractivity contribution in [1.29, 1.82) is 0 Å². The summed E-state index contributed by atoms with van der Waals surface area (Å²) in [5.74, 6) is -2.06. The average molecular weight is 651 g/mol. The van der Waals surface area contributed by atoms with Gasteiger partial charge in [-0.05, 0) is 47.5 Å². The molecule has 0 bridgehead atoms. The first-order chi connectivity index (χ1) is 21.9. The van der Waals surface area contributed by atoms with Crippen LogP contribution in [0.3, 0.4) is 0 Å². The Bertz CT molecular complexity index is 1390. The Morgan fingerprint density at radius 3 is 1.65 bits per heavy atom. The van der Waals surface area contributed by atoms with E-state index in [1.807, 2.05) is 0 Å². The van der Waals surface area contributed by atoms with Gasteiger partial charge < -0.3 is 69.6 Å². The van der Waals surface area contributed by atoms with Crippen LogP contribution in [-0.4, -0.2) is 133 Å². The monoisotopic (exact) mass is 650 g/mol. The molecular weight excluding hydrogens is 616 g/mol. The van der Waals surface area contributed by atoms with E-state index < -0.39 is 86.6 Å². The van der Waals surface area contributed by atoms with Crippen LogP contribution < -0.4 is 14.2 Å². The third kappa shape index (κ3) is 8.65. The minimum Gasteiger partial charge on any atom is -0.478 e. The maximum Gasteiger partial charge on any atom is 0.336 e. The Morgan fingerprint density at radius 2 is 1.13 bits per heavy atom. The SMILES string of the molecule is O=C(O)/C=C/c1cc(OC(=O)/C=C/c2ccc(O[C@@H]3O[C@H](CO)[C@@H](O)[C@H](O)[C@H]3O)cc2)cc(O[C@@H]2O[C@H](CO)[C@@H](O)[C@H](O)[C@H]2O)c1. The van der Waals surface area contributed by atoms with Gasteiger partial charge in [0, 0.05) is 18.2 Å². The molecule has 10 atom stereocenters. The molecule has 0 saturated carbocycles. The maximum atomic E-state index is 12.6. The van der Waals surface area contributed by atoms with Gasteiger partial charge in [-0.2, -0.15) is 0 Å². The molecule has 2 aliphatic rings. The number of carboxylic acid groups (broad SMARTS) is 1. The largest absolute Gasteiger partial charge is 0.478 e. The number of hydrogen-bond acceptors (Lipinski definition) is 15. The number of rotatable bonds is 11. The minimum atomic E-state index is -1.72. The quantitative estimate of drug-likeness (QED) is 0.0707. The standard InChI is InChI=1S/C30H34O16/c31-12-19-23(36)25(38)27(40)29(45-19)43-16-5-1-14(2-6-16)4-8-22(35)42-17-9-15(3-7-21(33)34)10-18(11-17)44-30-28(41)26(39)24(37)20(13-32)46-30/h1-11,19-20,23-32,36-41H,12-13H2,(H,33,34)/b7-3+,8-4+/t19-,20-,23-,24-,25+,26+,27-,28-,29-,30-/m1/s1. The van der Waals surface area contributed by atoms with Crippen molar-refractivity contribution < 1.29 is 79.2 Å². The molecule has 2 aromatic rings. The second-order valence-corrected chi connectivity index (χ2v) is 10.4. The number of aliphatic carboxylic acids is 1. The number of benzene rings is 2. The fourth-order valence-corrected chi connectivity index (χ4v) is 4.55. The van der Waals surface area contributed by atoms with E-state index in [2.05, 4.69) is 0 Å². The first-order valence-electron chi connectivity index (χ1n) is 13.9. The molecule has 250 valence electrons. The second kappa shape index (κ2) is 15.6. The molecule has 0 amide bonds. The zero-order chi connectivity index (χ0) is 33.5. The lowest BCUT2D eigenvalue weighted by molar-refractivity contribution is -0.277. The van der Waals surface area contributed by atoms with E-state index in [0.717, 1.165) is 12.2 Å². The van der Waals surface area contributed by atoms with Crippen LogP contribution in [0.25, 0.3) is 12.2 Å². The van der Waals surface area contributed by atoms with Gasteiger partial charge in [0.05, 0.1) is 13.2 Å². The fourth-order valence-electron chi connectivity index (χ4n) is 4.55. The first-order valence-corrected chi connectivity index (χ1v) is 13.9. The van der Waals surface area contributed by atoms with E-state index in [0.29, 0.717) is 5.56 Å². The third-order valence-electron chi connectivity index (χ3n) is 7.03. The van der Waals surface area contributed by atoms with Crippen molar-refractivity contribution in [3.05, 3.63) is 65.7 Å². The topological polar surface area (TPSA) is 262 Å². The van der Waals surface area contributed by atoms with Crippen molar-refractivity contribution in [2.75, 3.05) is 13.2 Å². The Kier molecular flexibility index (Phi) is 11.8. The number of ether oxygens (including phenoxy) is 5. The number of esters is 1. The number of carbonyl (C=O) groups excluding carboxylic acids is 1. The van der Waals surface area contributed by atoms with Gasteiger partial charge in [0.2, 0.25) is 12.6 Å². The summed E-state index contributed by atoms with van der Waals surface area (Å²) in [7, 11) is 0. The number of aliphatic hydroxyl groups is 8. The summed E-state index contributed by atoms with van der Waals surface area (Å²) in [5, 5.41) is 88.0. The summed E-state index contributed by atoms with van der Waals surface area (Å²) in [6.07, 6.45) is -10.6. The smallest absolute Gasteiger partial charge is 0.336 e. The Morgan fingerprint density at radius 1 is 0.630 bits per heavy atom. The van der Waals surface area contributed by atoms with Crippen LogP contribution in [0, 0.1) is 0 Å². The van der Waals surface area contributed by atoms with E-state index >= 15 is 0 Å². The molecule has 0 spiro atoms. The number of aliphatic hydroxyl groups excluding tert-OH is 8. The molecule has 0 radical (unpaired) electrons. The summed E-state index contributed by atoms with van der Waals surface area (Å²) < 4.78 is 27.1. The maximum absolute atomic E-state index is 12.6. The van der Waals surface area contributed by atoms with Crippen molar-refractivity contribution in [2.24, 2.45) is 0 Å². The van der Waals surface area contributed by atoms with Crippen molar-refractivity contribution in [3.63, 3.8) is 0 Å². The Hall–Kier alpha value is -3.94. The minimum absolute atomic E-state index is 0.0707. The first kappa shape index (κ1) is 34.9. The van der Waals surface area contributed by atoms with E-state index in [9.17, 15) is 50.4 Å². The highest BCUT2D eigenvalue weighted by Crippen LogP contribution is 2.29. The van der Waals surface area contributed by atoms with Crippen molar-refractivity contribution in [2.45, 2.75) is 61.4 Å². The second-order valence-electron chi connectivity index (χ2n) is 10.4. The van der Waals surface area contributed by atoms with Crippen LogP contribution in [0.5, 0.6) is 17.2 Å². The van der Waals surface area contributed by atoms with Gasteiger partial charge in [0.25, 0.3) is 0 Å². The van der Waals surface area contributed by atoms with Gasteiger partial charge >= 0.3 is 11.9 Å². The number of hydrogen-bond donors (Lipinski definition) is 9. The lowest BCUT2D eigenvalue weighted by atomic mass is 9.99. The van der Waals surface area contributed by atoms with Crippen LogP contribution in [0.2, 0.25) is 0 Å². The highest BCUT2D eigenvalue weighted by Gasteiger charge is 2.45. The average Bonchev–Trinajstić information content (AvgIpc) is 3.03. The van der Waals surface area contributed by atoms with Gasteiger partial charge in [-0.3, -0.25) is 0 Å². The molecule has 4 rings (SSSR count). The van der Waals surface area contributed by atoms with Gasteiger partial charge in [-0.1, -0.05) is 12.1 Å². The zero-order valence-corrected chi connectivity index (χ0v) is 23.9. The molecule has 16 heteroatoms. The van der Waals surface area contributed by atoms with E-state index in [4.69, 9.17) is 28.8 Å². The molecule has 9 N–H and O–H groups in total. The summed E-state index contributed by atoms with van der Waals surface area (Å²) >= 11 is 0. The summed E-state index contributed by atoms with van der Waals surface area (Å²) in [6.45, 7) is -1.30. The van der Waals surface area contributed by atoms with Gasteiger partial charge in [0.15, 0.2) is 0 Å². The van der Waals surface area contributed by atoms with E-state index in [1.54, 1.807) is 12.1 Å². The van der Waals surface area contributed by atoms with E-state index in [1.165, 1.54) is 42.5 Å². The molecule has 46 heavy (non-hydrogen) atoms. The predicted molar refractivity (Wildman–Crippen MR) is 153 cm³/mol. The highest BCUT2D eigenvalue weighted by atomic mass is 16.7. The van der Waals surface area contributed by atoms with Crippen LogP contribution in [0.4, 0.5) is 0 Å². The van der Waals surface area contributed by atoms with Gasteiger partial charge in [-0.25, -0.2) is 9.59 Å². The van der Waals surface area contributed by atoms with Crippen LogP contribution in [0.1, 0.15) is 11.1 Å². The molecule has 0 unspecified atom stereocenters. The fraction of sp³-hybridized carbons (Fsp3) is 0.400. The molecule has 0 aliphatic carbocycles.